The Balaban J connectivity index is 1.66. The largest absolute Gasteiger partial charge is 0.492 e. The van der Waals surface area contributed by atoms with Crippen LogP contribution >= 0.6 is 15.9 Å². The second-order valence-corrected chi connectivity index (χ2v) is 9.79. The second-order valence-electron chi connectivity index (χ2n) is 7.26. The first kappa shape index (κ1) is 22.8. The Hall–Kier alpha value is -2.85. The quantitative estimate of drug-likeness (QED) is 0.451. The lowest BCUT2D eigenvalue weighted by molar-refractivity contribution is 0.102. The van der Waals surface area contributed by atoms with Gasteiger partial charge in [0.15, 0.2) is 5.82 Å². The van der Waals surface area contributed by atoms with E-state index in [0.717, 1.165) is 0 Å². The van der Waals surface area contributed by atoms with E-state index < -0.39 is 10.0 Å². The lowest BCUT2D eigenvalue weighted by Crippen LogP contribution is -2.14. The van der Waals surface area contributed by atoms with E-state index in [-0.39, 0.29) is 16.6 Å². The highest BCUT2D eigenvalue weighted by molar-refractivity contribution is 9.10. The molecule has 0 aliphatic carbocycles. The summed E-state index contributed by atoms with van der Waals surface area (Å²) in [6.07, 6.45) is 0. The van der Waals surface area contributed by atoms with Crippen molar-refractivity contribution >= 4 is 43.4 Å². The molecule has 8 nitrogen and oxygen atoms in total. The number of carbonyl (C=O) groups is 1. The van der Waals surface area contributed by atoms with Gasteiger partial charge in [0.25, 0.3) is 15.9 Å². The molecule has 3 aromatic rings. The minimum Gasteiger partial charge on any atom is -0.492 e. The number of hydrogen-bond donors (Lipinski definition) is 2. The lowest BCUT2D eigenvalue weighted by atomic mass is 10.2. The van der Waals surface area contributed by atoms with E-state index in [9.17, 15) is 13.2 Å². The zero-order valence-electron chi connectivity index (χ0n) is 17.2. The monoisotopic (exact) mass is 507 g/mol. The Kier molecular flexibility index (Phi) is 7.01. The molecule has 1 heterocycles. The third-order valence-electron chi connectivity index (χ3n) is 4.06. The first-order valence-corrected chi connectivity index (χ1v) is 11.7. The number of aromatic nitrogens is 1. The van der Waals surface area contributed by atoms with Crippen LogP contribution in [0.1, 0.15) is 30.0 Å². The van der Waals surface area contributed by atoms with Crippen LogP contribution in [0.3, 0.4) is 0 Å². The fourth-order valence-corrected chi connectivity index (χ4v) is 4.02. The number of rotatable bonds is 8. The predicted octanol–water partition coefficient (Wildman–Crippen LogP) is 4.83. The molecule has 0 saturated carbocycles. The van der Waals surface area contributed by atoms with Crippen LogP contribution in [0.5, 0.6) is 5.75 Å². The number of hydrogen-bond acceptors (Lipinski definition) is 6. The number of nitrogens with one attached hydrogen (secondary N) is 2. The summed E-state index contributed by atoms with van der Waals surface area (Å²) in [5.74, 6) is 1.30. The standard InChI is InChI=1S/C21H22BrN3O5S/c1-13(2)12-29-19-9-4-15(11-18(19)22)21(26)23-16-5-7-17(8-6-16)31(27,28)25-20-10-14(3)30-24-20/h4-11,13H,12H2,1-3H3,(H,23,26)(H,24,25). The van der Waals surface area contributed by atoms with Gasteiger partial charge in [-0.1, -0.05) is 19.0 Å². The predicted molar refractivity (Wildman–Crippen MR) is 121 cm³/mol. The summed E-state index contributed by atoms with van der Waals surface area (Å²) in [6, 6.07) is 12.3. The highest BCUT2D eigenvalue weighted by Crippen LogP contribution is 2.27. The van der Waals surface area contributed by atoms with Crippen molar-refractivity contribution in [2.45, 2.75) is 25.7 Å². The fraction of sp³-hybridized carbons (Fsp3) is 0.238. The van der Waals surface area contributed by atoms with Gasteiger partial charge in [0.1, 0.15) is 11.5 Å². The Morgan fingerprint density at radius 1 is 1.16 bits per heavy atom. The third kappa shape index (κ3) is 6.08. The van der Waals surface area contributed by atoms with Gasteiger partial charge in [-0.25, -0.2) is 8.42 Å². The number of nitrogens with zero attached hydrogens (tertiary/aromatic N) is 1. The van der Waals surface area contributed by atoms with Crippen LogP contribution in [-0.2, 0) is 10.0 Å². The summed E-state index contributed by atoms with van der Waals surface area (Å²) in [4.78, 5) is 12.6. The van der Waals surface area contributed by atoms with Gasteiger partial charge >= 0.3 is 0 Å². The van der Waals surface area contributed by atoms with Crippen molar-refractivity contribution in [3.63, 3.8) is 0 Å². The molecule has 1 amide bonds. The Morgan fingerprint density at radius 2 is 1.87 bits per heavy atom. The molecular formula is C21H22BrN3O5S. The van der Waals surface area contributed by atoms with Crippen LogP contribution in [0.4, 0.5) is 11.5 Å². The van der Waals surface area contributed by atoms with Crippen molar-refractivity contribution in [1.29, 1.82) is 0 Å². The number of amides is 1. The van der Waals surface area contributed by atoms with E-state index in [1.807, 2.05) is 0 Å². The molecule has 2 N–H and O–H groups in total. The SMILES string of the molecule is Cc1cc(NS(=O)(=O)c2ccc(NC(=O)c3ccc(OCC(C)C)c(Br)c3)cc2)no1. The van der Waals surface area contributed by atoms with E-state index in [1.165, 1.54) is 30.3 Å². The fourth-order valence-electron chi connectivity index (χ4n) is 2.55. The number of benzene rings is 2. The van der Waals surface area contributed by atoms with Gasteiger partial charge in [0, 0.05) is 17.3 Å². The molecule has 10 heteroatoms. The van der Waals surface area contributed by atoms with Crippen LogP contribution < -0.4 is 14.8 Å². The Morgan fingerprint density at radius 3 is 2.45 bits per heavy atom. The van der Waals surface area contributed by atoms with Gasteiger partial charge in [-0.15, -0.1) is 0 Å². The summed E-state index contributed by atoms with van der Waals surface area (Å²) in [6.45, 7) is 6.34. The van der Waals surface area contributed by atoms with Crippen LogP contribution in [0.15, 0.2) is 62.4 Å². The molecule has 0 unspecified atom stereocenters. The van der Waals surface area contributed by atoms with Crippen molar-refractivity contribution < 1.29 is 22.5 Å². The number of sulfonamides is 1. The van der Waals surface area contributed by atoms with Crippen molar-refractivity contribution in [3.05, 3.63) is 64.3 Å². The molecule has 0 radical (unpaired) electrons. The van der Waals surface area contributed by atoms with Crippen molar-refractivity contribution in [3.8, 4) is 5.75 Å². The molecule has 0 fully saturated rings. The first-order chi connectivity index (χ1) is 14.6. The molecule has 1 aromatic heterocycles. The average Bonchev–Trinajstić information content (AvgIpc) is 3.11. The van der Waals surface area contributed by atoms with Gasteiger partial charge in [0.05, 0.1) is 16.0 Å². The van der Waals surface area contributed by atoms with Crippen LogP contribution in [0, 0.1) is 12.8 Å². The van der Waals surface area contributed by atoms with Crippen LogP contribution in [0.2, 0.25) is 0 Å². The molecule has 164 valence electrons. The van der Waals surface area contributed by atoms with Crippen molar-refractivity contribution in [1.82, 2.24) is 5.16 Å². The Bertz CT molecular complexity index is 1170. The van der Waals surface area contributed by atoms with E-state index >= 15 is 0 Å². The third-order valence-corrected chi connectivity index (χ3v) is 6.05. The minimum absolute atomic E-state index is 0.0283. The maximum atomic E-state index is 12.5. The van der Waals surface area contributed by atoms with Gasteiger partial charge in [-0.05, 0) is 71.2 Å². The van der Waals surface area contributed by atoms with E-state index in [0.29, 0.717) is 39.8 Å². The molecule has 0 atom stereocenters. The molecule has 2 aromatic carbocycles. The molecule has 0 bridgehead atoms. The molecular weight excluding hydrogens is 486 g/mol. The minimum atomic E-state index is -3.82. The second kappa shape index (κ2) is 9.52. The molecule has 0 aliphatic rings. The van der Waals surface area contributed by atoms with Crippen LogP contribution in [-0.4, -0.2) is 26.1 Å². The number of ether oxygens (including phenoxy) is 1. The van der Waals surface area contributed by atoms with Gasteiger partial charge < -0.3 is 14.6 Å². The number of carbonyl (C=O) groups excluding carboxylic acids is 1. The average molecular weight is 508 g/mol. The number of aryl methyl sites for hydroxylation is 1. The summed E-state index contributed by atoms with van der Waals surface area (Å²) >= 11 is 3.42. The highest BCUT2D eigenvalue weighted by Gasteiger charge is 2.17. The number of anilines is 2. The zero-order chi connectivity index (χ0) is 22.6. The molecule has 0 spiro atoms. The maximum absolute atomic E-state index is 12.5. The summed E-state index contributed by atoms with van der Waals surface area (Å²) in [7, 11) is -3.82. The molecule has 0 saturated heterocycles. The number of halogens is 1. The Labute approximate surface area is 189 Å². The van der Waals surface area contributed by atoms with E-state index in [1.54, 1.807) is 25.1 Å². The van der Waals surface area contributed by atoms with Gasteiger partial charge in [0.2, 0.25) is 0 Å². The summed E-state index contributed by atoms with van der Waals surface area (Å²) in [5.41, 5.74) is 0.890. The highest BCUT2D eigenvalue weighted by atomic mass is 79.9. The van der Waals surface area contributed by atoms with Crippen molar-refractivity contribution in [2.75, 3.05) is 16.6 Å². The van der Waals surface area contributed by atoms with Crippen LogP contribution in [0.25, 0.3) is 0 Å². The maximum Gasteiger partial charge on any atom is 0.263 e. The van der Waals surface area contributed by atoms with Gasteiger partial charge in [-0.2, -0.15) is 0 Å². The van der Waals surface area contributed by atoms with E-state index in [2.05, 4.69) is 45.0 Å². The molecule has 3 rings (SSSR count). The summed E-state index contributed by atoms with van der Waals surface area (Å²) in [5, 5.41) is 6.36. The van der Waals surface area contributed by atoms with Crippen molar-refractivity contribution in [2.24, 2.45) is 5.92 Å². The zero-order valence-corrected chi connectivity index (χ0v) is 19.6. The lowest BCUT2D eigenvalue weighted by Gasteiger charge is -2.12. The van der Waals surface area contributed by atoms with E-state index in [4.69, 9.17) is 9.26 Å². The summed E-state index contributed by atoms with van der Waals surface area (Å²) < 4.78 is 38.4. The smallest absolute Gasteiger partial charge is 0.263 e. The molecule has 31 heavy (non-hydrogen) atoms. The topological polar surface area (TPSA) is 111 Å². The normalized spacial score (nSPS) is 11.4. The first-order valence-electron chi connectivity index (χ1n) is 9.44. The van der Waals surface area contributed by atoms with Gasteiger partial charge in [-0.3, -0.25) is 9.52 Å². The molecule has 0 aliphatic heterocycles.